The van der Waals surface area contributed by atoms with E-state index in [0.717, 1.165) is 25.1 Å². The third-order valence-corrected chi connectivity index (χ3v) is 3.92. The van der Waals surface area contributed by atoms with Crippen LogP contribution >= 0.6 is 0 Å². The van der Waals surface area contributed by atoms with Gasteiger partial charge >= 0.3 is 5.97 Å². The second-order valence-electron chi connectivity index (χ2n) is 6.18. The van der Waals surface area contributed by atoms with Crippen LogP contribution in [0.5, 0.6) is 0 Å². The molecule has 1 aliphatic heterocycles. The summed E-state index contributed by atoms with van der Waals surface area (Å²) >= 11 is 0. The van der Waals surface area contributed by atoms with E-state index in [4.69, 9.17) is 9.84 Å². The Morgan fingerprint density at radius 2 is 1.77 bits per heavy atom. The molecule has 2 rings (SSSR count). The van der Waals surface area contributed by atoms with Crippen LogP contribution in [0.15, 0.2) is 24.3 Å². The molecule has 5 nitrogen and oxygen atoms in total. The van der Waals surface area contributed by atoms with Crippen LogP contribution in [0.2, 0.25) is 0 Å². The molecule has 0 spiro atoms. The third-order valence-electron chi connectivity index (χ3n) is 3.92. The molecule has 0 aliphatic carbocycles. The van der Waals surface area contributed by atoms with Gasteiger partial charge in [-0.3, -0.25) is 4.79 Å². The number of aliphatic hydroxyl groups excluding tert-OH is 1. The molecule has 0 radical (unpaired) electrons. The van der Waals surface area contributed by atoms with Crippen molar-refractivity contribution in [3.05, 3.63) is 35.4 Å². The Morgan fingerprint density at radius 1 is 1.18 bits per heavy atom. The Kier molecular flexibility index (Phi) is 5.55. The number of piperidine rings is 1. The molecule has 5 heteroatoms. The zero-order valence-electron chi connectivity index (χ0n) is 13.1. The van der Waals surface area contributed by atoms with E-state index in [1.165, 1.54) is 0 Å². The summed E-state index contributed by atoms with van der Waals surface area (Å²) in [7, 11) is 0. The standard InChI is InChI=1S/C17H23NO4/c1-12-7-13(2)9-18(8-12)16(20)11-22-17(21)15-5-3-14(10-19)4-6-15/h3-6,12-13,19H,7-11H2,1-2H3/t12-,13-/m0/s1. The molecule has 22 heavy (non-hydrogen) atoms. The van der Waals surface area contributed by atoms with E-state index in [2.05, 4.69) is 13.8 Å². The Balaban J connectivity index is 1.85. The molecular weight excluding hydrogens is 282 g/mol. The highest BCUT2D eigenvalue weighted by molar-refractivity contribution is 5.91. The highest BCUT2D eigenvalue weighted by atomic mass is 16.5. The van der Waals surface area contributed by atoms with E-state index in [0.29, 0.717) is 17.4 Å². The average Bonchev–Trinajstić information content (AvgIpc) is 2.51. The van der Waals surface area contributed by atoms with Gasteiger partial charge in [0.15, 0.2) is 6.61 Å². The van der Waals surface area contributed by atoms with Gasteiger partial charge in [0.2, 0.25) is 0 Å². The summed E-state index contributed by atoms with van der Waals surface area (Å²) in [6, 6.07) is 6.49. The SMILES string of the molecule is C[C@H]1C[C@H](C)CN(C(=O)COC(=O)c2ccc(CO)cc2)C1. The van der Waals surface area contributed by atoms with Gasteiger partial charge in [0.05, 0.1) is 12.2 Å². The van der Waals surface area contributed by atoms with Crippen LogP contribution < -0.4 is 0 Å². The predicted octanol–water partition coefficient (Wildman–Crippen LogP) is 1.84. The summed E-state index contributed by atoms with van der Waals surface area (Å²) < 4.78 is 5.09. The maximum Gasteiger partial charge on any atom is 0.338 e. The molecule has 1 amide bonds. The van der Waals surface area contributed by atoms with E-state index in [9.17, 15) is 9.59 Å². The summed E-state index contributed by atoms with van der Waals surface area (Å²) in [4.78, 5) is 25.8. The molecule has 1 saturated heterocycles. The summed E-state index contributed by atoms with van der Waals surface area (Å²) in [6.45, 7) is 5.42. The number of amides is 1. The molecule has 1 aromatic carbocycles. The highest BCUT2D eigenvalue weighted by Gasteiger charge is 2.26. The lowest BCUT2D eigenvalue weighted by Gasteiger charge is -2.34. The number of carbonyl (C=O) groups excluding carboxylic acids is 2. The first-order chi connectivity index (χ1) is 10.5. The molecule has 1 N–H and O–H groups in total. The van der Waals surface area contributed by atoms with Gasteiger partial charge in [0, 0.05) is 13.1 Å². The number of rotatable bonds is 4. The number of benzene rings is 1. The van der Waals surface area contributed by atoms with Crippen LogP contribution in [0, 0.1) is 11.8 Å². The van der Waals surface area contributed by atoms with Gasteiger partial charge in [0.1, 0.15) is 0 Å². The smallest absolute Gasteiger partial charge is 0.338 e. The minimum absolute atomic E-state index is 0.0703. The maximum atomic E-state index is 12.1. The summed E-state index contributed by atoms with van der Waals surface area (Å²) in [5, 5.41) is 8.96. The molecule has 1 fully saturated rings. The monoisotopic (exact) mass is 305 g/mol. The van der Waals surface area contributed by atoms with E-state index in [1.807, 2.05) is 0 Å². The number of nitrogens with zero attached hydrogens (tertiary/aromatic N) is 1. The van der Waals surface area contributed by atoms with Crippen LogP contribution in [-0.2, 0) is 16.1 Å². The summed E-state index contributed by atoms with van der Waals surface area (Å²) in [5.41, 5.74) is 1.11. The van der Waals surface area contributed by atoms with E-state index < -0.39 is 5.97 Å². The lowest BCUT2D eigenvalue weighted by molar-refractivity contribution is -0.137. The van der Waals surface area contributed by atoms with Gasteiger partial charge in [0.25, 0.3) is 5.91 Å². The molecule has 0 unspecified atom stereocenters. The van der Waals surface area contributed by atoms with Crippen molar-refractivity contribution >= 4 is 11.9 Å². The predicted molar refractivity (Wildman–Crippen MR) is 82.2 cm³/mol. The molecule has 120 valence electrons. The first-order valence-electron chi connectivity index (χ1n) is 7.64. The fourth-order valence-electron chi connectivity index (χ4n) is 2.91. The molecular formula is C17H23NO4. The van der Waals surface area contributed by atoms with E-state index >= 15 is 0 Å². The van der Waals surface area contributed by atoms with Crippen LogP contribution in [0.3, 0.4) is 0 Å². The van der Waals surface area contributed by atoms with Crippen molar-refractivity contribution < 1.29 is 19.4 Å². The summed E-state index contributed by atoms with van der Waals surface area (Å²) in [6.07, 6.45) is 1.13. The topological polar surface area (TPSA) is 66.8 Å². The number of hydrogen-bond donors (Lipinski definition) is 1. The third kappa shape index (κ3) is 4.31. The molecule has 0 bridgehead atoms. The minimum Gasteiger partial charge on any atom is -0.452 e. The number of ether oxygens (including phenoxy) is 1. The van der Waals surface area contributed by atoms with E-state index in [1.54, 1.807) is 29.2 Å². The van der Waals surface area contributed by atoms with Crippen molar-refractivity contribution in [3.63, 3.8) is 0 Å². The number of esters is 1. The van der Waals surface area contributed by atoms with Gasteiger partial charge in [-0.25, -0.2) is 4.79 Å². The van der Waals surface area contributed by atoms with Crippen LogP contribution in [0.25, 0.3) is 0 Å². The van der Waals surface area contributed by atoms with Crippen molar-refractivity contribution in [1.82, 2.24) is 4.90 Å². The lowest BCUT2D eigenvalue weighted by Crippen LogP contribution is -2.44. The Hall–Kier alpha value is -1.88. The lowest BCUT2D eigenvalue weighted by atomic mass is 9.92. The van der Waals surface area contributed by atoms with Crippen molar-refractivity contribution in [1.29, 1.82) is 0 Å². The number of carbonyl (C=O) groups is 2. The average molecular weight is 305 g/mol. The van der Waals surface area contributed by atoms with Gasteiger partial charge in [-0.15, -0.1) is 0 Å². The second kappa shape index (κ2) is 7.40. The summed E-state index contributed by atoms with van der Waals surface area (Å²) in [5.74, 6) is 0.304. The Morgan fingerprint density at radius 3 is 2.32 bits per heavy atom. The first-order valence-corrected chi connectivity index (χ1v) is 7.64. The van der Waals surface area contributed by atoms with Crippen molar-refractivity contribution in [2.24, 2.45) is 11.8 Å². The molecule has 2 atom stereocenters. The van der Waals surface area contributed by atoms with Crippen molar-refractivity contribution in [3.8, 4) is 0 Å². The van der Waals surface area contributed by atoms with Gasteiger partial charge < -0.3 is 14.7 Å². The normalized spacial score (nSPS) is 21.5. The Bertz CT molecular complexity index is 516. The fourth-order valence-corrected chi connectivity index (χ4v) is 2.91. The largest absolute Gasteiger partial charge is 0.452 e. The van der Waals surface area contributed by atoms with Gasteiger partial charge in [-0.2, -0.15) is 0 Å². The van der Waals surface area contributed by atoms with Crippen LogP contribution in [0.4, 0.5) is 0 Å². The molecule has 0 aromatic heterocycles. The molecule has 1 heterocycles. The highest BCUT2D eigenvalue weighted by Crippen LogP contribution is 2.21. The zero-order valence-corrected chi connectivity index (χ0v) is 13.1. The van der Waals surface area contributed by atoms with Gasteiger partial charge in [-0.1, -0.05) is 26.0 Å². The number of hydrogen-bond acceptors (Lipinski definition) is 4. The second-order valence-corrected chi connectivity index (χ2v) is 6.18. The van der Waals surface area contributed by atoms with Gasteiger partial charge in [-0.05, 0) is 36.0 Å². The first kappa shape index (κ1) is 16.5. The van der Waals surface area contributed by atoms with Crippen molar-refractivity contribution in [2.45, 2.75) is 26.9 Å². The zero-order chi connectivity index (χ0) is 16.1. The molecule has 1 aliphatic rings. The molecule has 1 aromatic rings. The van der Waals surface area contributed by atoms with Crippen molar-refractivity contribution in [2.75, 3.05) is 19.7 Å². The fraction of sp³-hybridized carbons (Fsp3) is 0.529. The van der Waals surface area contributed by atoms with E-state index in [-0.39, 0.29) is 19.1 Å². The minimum atomic E-state index is -0.518. The number of aliphatic hydroxyl groups is 1. The van der Waals surface area contributed by atoms with Crippen LogP contribution in [0.1, 0.15) is 36.2 Å². The van der Waals surface area contributed by atoms with Crippen LogP contribution in [-0.4, -0.2) is 41.6 Å². The maximum absolute atomic E-state index is 12.1. The quantitative estimate of drug-likeness (QED) is 0.862. The number of likely N-dealkylation sites (tertiary alicyclic amines) is 1. The Labute approximate surface area is 130 Å². The molecule has 0 saturated carbocycles.